The van der Waals surface area contributed by atoms with Crippen LogP contribution in [0, 0.1) is 18.8 Å². The third-order valence-electron chi connectivity index (χ3n) is 7.33. The highest BCUT2D eigenvalue weighted by atomic mass is 16.5. The Morgan fingerprint density at radius 3 is 2.28 bits per heavy atom. The van der Waals surface area contributed by atoms with E-state index < -0.39 is 41.2 Å². The van der Waals surface area contributed by atoms with Gasteiger partial charge in [-0.1, -0.05) is 66.7 Å². The maximum absolute atomic E-state index is 14.1. The number of rotatable bonds is 5. The van der Waals surface area contributed by atoms with Crippen LogP contribution >= 0.6 is 0 Å². The van der Waals surface area contributed by atoms with Gasteiger partial charge in [-0.3, -0.25) is 19.7 Å². The Kier molecular flexibility index (Phi) is 5.80. The second-order valence-corrected chi connectivity index (χ2v) is 9.27. The first-order chi connectivity index (χ1) is 17.3. The number of nitrogens with one attached hydrogen (secondary N) is 1. The second-order valence-electron chi connectivity index (χ2n) is 9.27. The fraction of sp³-hybridized carbons (Fsp3) is 0.241. The molecule has 0 saturated carbocycles. The van der Waals surface area contributed by atoms with Gasteiger partial charge in [-0.2, -0.15) is 0 Å². The minimum atomic E-state index is -1.58. The topological polar surface area (TPSA) is 92.8 Å². The third kappa shape index (κ3) is 3.38. The van der Waals surface area contributed by atoms with E-state index in [1.54, 1.807) is 42.5 Å². The number of methoxy groups -OCH3 is 1. The van der Waals surface area contributed by atoms with Gasteiger partial charge in [0.25, 0.3) is 0 Å². The van der Waals surface area contributed by atoms with Crippen LogP contribution in [-0.2, 0) is 24.7 Å². The number of imide groups is 1. The average molecular weight is 483 g/mol. The van der Waals surface area contributed by atoms with Gasteiger partial charge in [0.2, 0.25) is 11.8 Å². The van der Waals surface area contributed by atoms with E-state index in [9.17, 15) is 19.2 Å². The molecule has 182 valence electrons. The number of ketones is 1. The van der Waals surface area contributed by atoms with Gasteiger partial charge in [0, 0.05) is 11.6 Å². The van der Waals surface area contributed by atoms with Crippen molar-refractivity contribution in [3.05, 3.63) is 101 Å². The molecule has 4 atom stereocenters. The van der Waals surface area contributed by atoms with E-state index in [4.69, 9.17) is 4.74 Å². The Labute approximate surface area is 209 Å². The summed E-state index contributed by atoms with van der Waals surface area (Å²) < 4.78 is 5.26. The van der Waals surface area contributed by atoms with Crippen LogP contribution in [-0.4, -0.2) is 30.7 Å². The minimum Gasteiger partial charge on any atom is -0.467 e. The van der Waals surface area contributed by atoms with Crippen molar-refractivity contribution >= 4 is 29.3 Å². The quantitative estimate of drug-likeness (QED) is 0.339. The highest BCUT2D eigenvalue weighted by Crippen LogP contribution is 2.54. The number of Topliss-reactive ketones (excluding diaryl/α,β-unsaturated/α-hetero) is 1. The largest absolute Gasteiger partial charge is 0.467 e. The fourth-order valence-electron chi connectivity index (χ4n) is 5.66. The molecule has 36 heavy (non-hydrogen) atoms. The van der Waals surface area contributed by atoms with Gasteiger partial charge in [0.15, 0.2) is 11.3 Å². The molecule has 7 heteroatoms. The van der Waals surface area contributed by atoms with Gasteiger partial charge in [-0.05, 0) is 42.7 Å². The normalized spacial score (nSPS) is 25.1. The van der Waals surface area contributed by atoms with Crippen LogP contribution in [0.15, 0.2) is 78.9 Å². The van der Waals surface area contributed by atoms with Gasteiger partial charge in [0.05, 0.1) is 24.6 Å². The van der Waals surface area contributed by atoms with Crippen molar-refractivity contribution in [1.29, 1.82) is 0 Å². The van der Waals surface area contributed by atoms with Crippen LogP contribution in [0.5, 0.6) is 0 Å². The second kappa shape index (κ2) is 8.84. The van der Waals surface area contributed by atoms with Crippen molar-refractivity contribution in [2.24, 2.45) is 11.8 Å². The lowest BCUT2D eigenvalue weighted by atomic mass is 9.75. The van der Waals surface area contributed by atoms with Crippen molar-refractivity contribution in [2.75, 3.05) is 12.0 Å². The molecule has 2 heterocycles. The first-order valence-corrected chi connectivity index (χ1v) is 11.8. The molecule has 1 N–H and O–H groups in total. The number of aryl methyl sites for hydroxylation is 1. The van der Waals surface area contributed by atoms with E-state index in [1.165, 1.54) is 20.1 Å². The number of benzene rings is 3. The predicted molar refractivity (Wildman–Crippen MR) is 133 cm³/mol. The first-order valence-electron chi connectivity index (χ1n) is 11.8. The van der Waals surface area contributed by atoms with Crippen LogP contribution in [0.3, 0.4) is 0 Å². The SMILES string of the molecule is COC(=O)[C@@]1(c2ccccc2)N[C@H](c2ccccc2C)[C@@H]2C(=O)N(c3cccc(C(C)=O)c3)C(=O)[C@H]21. The zero-order chi connectivity index (χ0) is 25.6. The number of anilines is 1. The molecule has 5 rings (SSSR count). The van der Waals surface area contributed by atoms with Gasteiger partial charge >= 0.3 is 5.97 Å². The molecule has 0 spiro atoms. The maximum Gasteiger partial charge on any atom is 0.331 e. The zero-order valence-electron chi connectivity index (χ0n) is 20.2. The average Bonchev–Trinajstić information content (AvgIpc) is 3.38. The minimum absolute atomic E-state index is 0.177. The summed E-state index contributed by atoms with van der Waals surface area (Å²) in [6.45, 7) is 3.36. The van der Waals surface area contributed by atoms with E-state index in [2.05, 4.69) is 5.32 Å². The van der Waals surface area contributed by atoms with Crippen LogP contribution in [0.25, 0.3) is 0 Å². The number of amides is 2. The number of esters is 1. The molecule has 0 aliphatic carbocycles. The van der Waals surface area contributed by atoms with Crippen LogP contribution in [0.4, 0.5) is 5.69 Å². The van der Waals surface area contributed by atoms with Crippen LogP contribution < -0.4 is 10.2 Å². The standard InChI is InChI=1S/C29H26N2O5/c1-17-10-7-8-15-22(17)25-23-24(29(30-25,28(35)36-3)20-12-5-4-6-13-20)27(34)31(26(23)33)21-14-9-11-19(16-21)18(2)32/h4-16,23-25,30H,1-3H3/t23-,24+,25-,29+/m1/s1. The molecule has 2 saturated heterocycles. The van der Waals surface area contributed by atoms with Gasteiger partial charge in [0.1, 0.15) is 0 Å². The molecular weight excluding hydrogens is 456 g/mol. The fourth-order valence-corrected chi connectivity index (χ4v) is 5.66. The summed E-state index contributed by atoms with van der Waals surface area (Å²) in [7, 11) is 1.28. The Bertz CT molecular complexity index is 1390. The molecule has 2 aliphatic rings. The molecule has 2 amide bonds. The van der Waals surface area contributed by atoms with Crippen molar-refractivity contribution < 1.29 is 23.9 Å². The summed E-state index contributed by atoms with van der Waals surface area (Å²) in [5.74, 6) is -3.66. The van der Waals surface area contributed by atoms with Crippen molar-refractivity contribution in [3.8, 4) is 0 Å². The molecule has 0 bridgehead atoms. The number of carbonyl (C=O) groups excluding carboxylic acids is 4. The van der Waals surface area contributed by atoms with Crippen LogP contribution in [0.2, 0.25) is 0 Å². The molecule has 7 nitrogen and oxygen atoms in total. The molecule has 0 radical (unpaired) electrons. The number of hydrogen-bond donors (Lipinski definition) is 1. The first kappa shape index (κ1) is 23.6. The Morgan fingerprint density at radius 2 is 1.61 bits per heavy atom. The molecule has 2 aliphatic heterocycles. The third-order valence-corrected chi connectivity index (χ3v) is 7.33. The monoisotopic (exact) mass is 482 g/mol. The lowest BCUT2D eigenvalue weighted by molar-refractivity contribution is -0.152. The molecular formula is C29H26N2O5. The van der Waals surface area contributed by atoms with E-state index in [0.29, 0.717) is 16.8 Å². The Morgan fingerprint density at radius 1 is 0.917 bits per heavy atom. The summed E-state index contributed by atoms with van der Waals surface area (Å²) in [6, 6.07) is 22.3. The maximum atomic E-state index is 14.1. The number of fused-ring (bicyclic) bond motifs is 1. The van der Waals surface area contributed by atoms with Gasteiger partial charge < -0.3 is 4.74 Å². The summed E-state index contributed by atoms with van der Waals surface area (Å²) in [4.78, 5) is 54.8. The highest BCUT2D eigenvalue weighted by Gasteiger charge is 2.69. The Balaban J connectivity index is 1.74. The summed E-state index contributed by atoms with van der Waals surface area (Å²) >= 11 is 0. The van der Waals surface area contributed by atoms with Crippen LogP contribution in [0.1, 0.15) is 40.0 Å². The summed E-state index contributed by atoms with van der Waals surface area (Å²) in [5.41, 5.74) is 1.43. The molecule has 0 unspecified atom stereocenters. The molecule has 3 aromatic carbocycles. The Hall–Kier alpha value is -4.10. The summed E-state index contributed by atoms with van der Waals surface area (Å²) in [5, 5.41) is 3.40. The number of carbonyl (C=O) groups is 4. The smallest absolute Gasteiger partial charge is 0.331 e. The molecule has 3 aromatic rings. The van der Waals surface area contributed by atoms with E-state index in [-0.39, 0.29) is 5.78 Å². The lowest BCUT2D eigenvalue weighted by Crippen LogP contribution is -2.53. The highest BCUT2D eigenvalue weighted by molar-refractivity contribution is 6.24. The van der Waals surface area contributed by atoms with Gasteiger partial charge in [-0.15, -0.1) is 0 Å². The van der Waals surface area contributed by atoms with E-state index >= 15 is 0 Å². The zero-order valence-corrected chi connectivity index (χ0v) is 20.2. The van der Waals surface area contributed by atoms with E-state index in [1.807, 2.05) is 37.3 Å². The predicted octanol–water partition coefficient (Wildman–Crippen LogP) is 3.72. The van der Waals surface area contributed by atoms with Crippen molar-refractivity contribution in [3.63, 3.8) is 0 Å². The van der Waals surface area contributed by atoms with E-state index in [0.717, 1.165) is 16.0 Å². The number of hydrogen-bond acceptors (Lipinski definition) is 6. The summed E-state index contributed by atoms with van der Waals surface area (Å²) in [6.07, 6.45) is 0. The molecule has 2 fully saturated rings. The van der Waals surface area contributed by atoms with Gasteiger partial charge in [-0.25, -0.2) is 9.69 Å². The lowest BCUT2D eigenvalue weighted by Gasteiger charge is -2.33. The number of ether oxygens (including phenoxy) is 1. The van der Waals surface area contributed by atoms with Crippen molar-refractivity contribution in [1.82, 2.24) is 5.32 Å². The molecule has 0 aromatic heterocycles. The number of nitrogens with zero attached hydrogens (tertiary/aromatic N) is 1. The van der Waals surface area contributed by atoms with Crippen molar-refractivity contribution in [2.45, 2.75) is 25.4 Å².